The number of nitrogens with one attached hydrogen (secondary N) is 1. The summed E-state index contributed by atoms with van der Waals surface area (Å²) in [5.74, 6) is 1.45. The molecule has 0 aromatic rings. The molecule has 0 aliphatic carbocycles. The molecular weight excluding hydrogens is 270 g/mol. The summed E-state index contributed by atoms with van der Waals surface area (Å²) in [5, 5.41) is 8.40. The van der Waals surface area contributed by atoms with Crippen LogP contribution in [0, 0.1) is 0 Å². The van der Waals surface area contributed by atoms with Crippen molar-refractivity contribution < 1.29 is 29.4 Å². The van der Waals surface area contributed by atoms with Crippen LogP contribution in [0.25, 0.3) is 0 Å². The van der Waals surface area contributed by atoms with E-state index >= 15 is 0 Å². The van der Waals surface area contributed by atoms with Crippen LogP contribution in [0.5, 0.6) is 0 Å². The first-order valence-corrected chi connectivity index (χ1v) is 5.54. The van der Waals surface area contributed by atoms with Crippen LogP contribution in [0.3, 0.4) is 0 Å². The molecule has 2 N–H and O–H groups in total. The maximum absolute atomic E-state index is 10.2. The van der Waals surface area contributed by atoms with Gasteiger partial charge < -0.3 is 0 Å². The standard InChI is InChI=1S/C4H9NO2SSe.Zn/c1-9-5-3(2-8)4(6)7;/h3,5,8H,2H2,1H3,(H,6,7);/t3-;/m0./s1. The smallest absolute Gasteiger partial charge is 0 e. The normalized spacial score (nSPS) is 11.8. The second-order valence-corrected chi connectivity index (χ2v) is 3.11. The number of carboxylic acids is 1. The Labute approximate surface area is 84.9 Å². The van der Waals surface area contributed by atoms with E-state index in [0.717, 1.165) is 0 Å². The molecule has 3 nitrogen and oxygen atoms in total. The second-order valence-electron chi connectivity index (χ2n) is 1.40. The molecule has 0 spiro atoms. The number of aliphatic carboxylic acids is 1. The molecule has 0 rings (SSSR count). The fraction of sp³-hybridized carbons (Fsp3) is 0.750. The van der Waals surface area contributed by atoms with Gasteiger partial charge in [-0.05, 0) is 0 Å². The topological polar surface area (TPSA) is 49.3 Å². The molecule has 10 heavy (non-hydrogen) atoms. The number of thiol groups is 1. The van der Waals surface area contributed by atoms with Crippen LogP contribution in [0.1, 0.15) is 0 Å². The van der Waals surface area contributed by atoms with Gasteiger partial charge in [0.05, 0.1) is 0 Å². The SMILES string of the molecule is C[Se]N[C@@H](CS)C(=O)O.[Zn]. The Morgan fingerprint density at radius 1 is 1.90 bits per heavy atom. The van der Waals surface area contributed by atoms with Crippen molar-refractivity contribution >= 4 is 33.8 Å². The third-order valence-electron chi connectivity index (χ3n) is 0.741. The van der Waals surface area contributed by atoms with Gasteiger partial charge in [-0.1, -0.05) is 0 Å². The molecule has 0 bridgehead atoms. The van der Waals surface area contributed by atoms with Gasteiger partial charge in [0.25, 0.3) is 0 Å². The zero-order valence-corrected chi connectivity index (χ0v) is 11.3. The van der Waals surface area contributed by atoms with E-state index in [1.165, 1.54) is 0 Å². The van der Waals surface area contributed by atoms with Crippen LogP contribution in [0.4, 0.5) is 0 Å². The van der Waals surface area contributed by atoms with Crippen molar-refractivity contribution in [2.75, 3.05) is 5.75 Å². The Morgan fingerprint density at radius 3 is 2.50 bits per heavy atom. The summed E-state index contributed by atoms with van der Waals surface area (Å²) in [7, 11) is 0. The predicted molar refractivity (Wildman–Crippen MR) is 40.0 cm³/mol. The van der Waals surface area contributed by atoms with E-state index in [1.807, 2.05) is 5.82 Å². The first-order valence-electron chi connectivity index (χ1n) is 2.34. The molecule has 0 heterocycles. The number of rotatable bonds is 4. The van der Waals surface area contributed by atoms with Crippen LogP contribution in [-0.4, -0.2) is 38.0 Å². The third-order valence-corrected chi connectivity index (χ3v) is 2.20. The van der Waals surface area contributed by atoms with Crippen molar-refractivity contribution in [2.24, 2.45) is 0 Å². The number of hydrogen-bond donors (Lipinski definition) is 3. The van der Waals surface area contributed by atoms with Crippen LogP contribution in [-0.2, 0) is 24.3 Å². The molecule has 0 aliphatic rings. The van der Waals surface area contributed by atoms with Crippen LogP contribution >= 0.6 is 12.6 Å². The fourth-order valence-electron chi connectivity index (χ4n) is 0.308. The Balaban J connectivity index is 0. The van der Waals surface area contributed by atoms with Gasteiger partial charge >= 0.3 is 65.6 Å². The molecule has 0 saturated heterocycles. The predicted octanol–water partition coefficient (Wildman–Crippen LogP) is -0.376. The van der Waals surface area contributed by atoms with E-state index in [4.69, 9.17) is 5.11 Å². The molecule has 0 aliphatic heterocycles. The summed E-state index contributed by atoms with van der Waals surface area (Å²) in [5.41, 5.74) is 0. The average molecular weight is 280 g/mol. The van der Waals surface area contributed by atoms with Gasteiger partial charge in [0, 0.05) is 19.5 Å². The first kappa shape index (κ1) is 13.5. The molecule has 6 heteroatoms. The minimum absolute atomic E-state index is 0. The molecule has 0 radical (unpaired) electrons. The van der Waals surface area contributed by atoms with Crippen molar-refractivity contribution in [3.63, 3.8) is 0 Å². The third kappa shape index (κ3) is 5.69. The van der Waals surface area contributed by atoms with Gasteiger partial charge in [-0.2, -0.15) is 0 Å². The molecule has 0 amide bonds. The number of hydrogen-bond acceptors (Lipinski definition) is 3. The van der Waals surface area contributed by atoms with E-state index in [9.17, 15) is 4.79 Å². The van der Waals surface area contributed by atoms with Gasteiger partial charge in [0.2, 0.25) is 0 Å². The minimum atomic E-state index is -0.825. The molecule has 1 atom stereocenters. The van der Waals surface area contributed by atoms with Crippen molar-refractivity contribution in [2.45, 2.75) is 11.9 Å². The van der Waals surface area contributed by atoms with Gasteiger partial charge in [0.1, 0.15) is 0 Å². The van der Waals surface area contributed by atoms with Gasteiger partial charge in [-0.3, -0.25) is 0 Å². The van der Waals surface area contributed by atoms with Gasteiger partial charge in [-0.15, -0.1) is 0 Å². The fourth-order valence-corrected chi connectivity index (χ4v) is 1.82. The Hall–Kier alpha value is 0.923. The van der Waals surface area contributed by atoms with Crippen molar-refractivity contribution in [1.29, 1.82) is 0 Å². The van der Waals surface area contributed by atoms with Crippen LogP contribution < -0.4 is 4.33 Å². The monoisotopic (exact) mass is 279 g/mol. The van der Waals surface area contributed by atoms with Crippen molar-refractivity contribution in [3.8, 4) is 0 Å². The summed E-state index contributed by atoms with van der Waals surface area (Å²) in [6.07, 6.45) is 0. The first-order chi connectivity index (χ1) is 4.22. The van der Waals surface area contributed by atoms with Crippen LogP contribution in [0.15, 0.2) is 0 Å². The van der Waals surface area contributed by atoms with Gasteiger partial charge in [0.15, 0.2) is 0 Å². The molecule has 0 saturated carbocycles. The maximum atomic E-state index is 10.2. The summed E-state index contributed by atoms with van der Waals surface area (Å²) < 4.78 is 2.82. The van der Waals surface area contributed by atoms with E-state index in [-0.39, 0.29) is 34.7 Å². The zero-order chi connectivity index (χ0) is 7.28. The number of carbonyl (C=O) groups is 1. The Bertz CT molecular complexity index is 105. The summed E-state index contributed by atoms with van der Waals surface area (Å²) in [4.78, 5) is 10.2. The van der Waals surface area contributed by atoms with E-state index in [2.05, 4.69) is 17.0 Å². The summed E-state index contributed by atoms with van der Waals surface area (Å²) in [6.45, 7) is 0. The van der Waals surface area contributed by atoms with Crippen LogP contribution in [0.2, 0.25) is 5.82 Å². The molecular formula is C4H9NO2SSeZn. The summed E-state index contributed by atoms with van der Waals surface area (Å²) in [6, 6.07) is -0.474. The number of carboxylic acid groups (broad SMARTS) is 1. The minimum Gasteiger partial charge on any atom is 0 e. The van der Waals surface area contributed by atoms with Gasteiger partial charge in [-0.25, -0.2) is 0 Å². The molecule has 56 valence electrons. The molecule has 0 aromatic heterocycles. The second kappa shape index (κ2) is 8.02. The Kier molecular flexibility index (Phi) is 10.8. The molecule has 0 aromatic carbocycles. The average Bonchev–Trinajstić information content (AvgIpc) is 1.82. The Morgan fingerprint density at radius 2 is 2.40 bits per heavy atom. The summed E-state index contributed by atoms with van der Waals surface area (Å²) >= 11 is 4.06. The van der Waals surface area contributed by atoms with Crippen molar-refractivity contribution in [3.05, 3.63) is 0 Å². The van der Waals surface area contributed by atoms with E-state index in [1.54, 1.807) is 0 Å². The quantitative estimate of drug-likeness (QED) is 0.486. The molecule has 0 unspecified atom stereocenters. The largest absolute Gasteiger partial charge is 0 e. The zero-order valence-electron chi connectivity index (χ0n) is 5.70. The van der Waals surface area contributed by atoms with E-state index in [0.29, 0.717) is 5.75 Å². The van der Waals surface area contributed by atoms with Crippen molar-refractivity contribution in [1.82, 2.24) is 4.33 Å². The maximum Gasteiger partial charge on any atom is 0 e. The van der Waals surface area contributed by atoms with E-state index < -0.39 is 12.0 Å². The molecule has 0 fully saturated rings.